The van der Waals surface area contributed by atoms with Crippen molar-refractivity contribution in [3.05, 3.63) is 34.2 Å². The van der Waals surface area contributed by atoms with Crippen LogP contribution >= 0.6 is 15.9 Å². The number of nitrogens with one attached hydrogen (secondary N) is 1. The molecule has 1 aromatic heterocycles. The Hall–Kier alpha value is -0.830. The summed E-state index contributed by atoms with van der Waals surface area (Å²) in [4.78, 5) is 3.22. The highest BCUT2D eigenvalue weighted by atomic mass is 79.9. The highest BCUT2D eigenvalue weighted by Gasteiger charge is 2.14. The molecule has 1 aromatic carbocycles. The molecule has 1 N–H and O–H groups in total. The third kappa shape index (κ3) is 1.88. The molecule has 0 bridgehead atoms. The average Bonchev–Trinajstić information content (AvgIpc) is 2.64. The third-order valence-corrected chi connectivity index (χ3v) is 3.79. The van der Waals surface area contributed by atoms with Gasteiger partial charge in [-0.25, -0.2) is 4.39 Å². The van der Waals surface area contributed by atoms with Crippen molar-refractivity contribution in [3.8, 4) is 0 Å². The van der Waals surface area contributed by atoms with Crippen molar-refractivity contribution in [2.45, 2.75) is 32.6 Å². The normalized spacial score (nSPS) is 11.6. The lowest BCUT2D eigenvalue weighted by Gasteiger charge is -2.11. The van der Waals surface area contributed by atoms with Crippen molar-refractivity contribution in [1.29, 1.82) is 0 Å². The van der Waals surface area contributed by atoms with Crippen molar-refractivity contribution in [2.24, 2.45) is 0 Å². The van der Waals surface area contributed by atoms with Gasteiger partial charge in [-0.15, -0.1) is 0 Å². The first-order valence-corrected chi connectivity index (χ1v) is 6.42. The number of benzene rings is 1. The second kappa shape index (κ2) is 4.58. The number of hydrogen-bond donors (Lipinski definition) is 1. The number of rotatable bonds is 3. The maximum Gasteiger partial charge on any atom is 0.125 e. The molecule has 0 aliphatic heterocycles. The number of hydrogen-bond acceptors (Lipinski definition) is 0. The summed E-state index contributed by atoms with van der Waals surface area (Å²) in [5.41, 5.74) is 2.21. The van der Waals surface area contributed by atoms with Crippen molar-refractivity contribution >= 4 is 26.8 Å². The van der Waals surface area contributed by atoms with E-state index in [2.05, 4.69) is 34.8 Å². The predicted molar refractivity (Wildman–Crippen MR) is 69.3 cm³/mol. The average molecular weight is 284 g/mol. The van der Waals surface area contributed by atoms with E-state index in [1.807, 2.05) is 6.20 Å². The molecule has 0 amide bonds. The highest BCUT2D eigenvalue weighted by molar-refractivity contribution is 9.10. The maximum absolute atomic E-state index is 13.4. The van der Waals surface area contributed by atoms with Crippen LogP contribution in [0.1, 0.15) is 38.2 Å². The molecule has 0 atom stereocenters. The number of H-pyrrole nitrogens is 1. The summed E-state index contributed by atoms with van der Waals surface area (Å²) in [5, 5.41) is 1.00. The quantitative estimate of drug-likeness (QED) is 0.818. The van der Waals surface area contributed by atoms with Gasteiger partial charge in [0.15, 0.2) is 0 Å². The lowest BCUT2D eigenvalue weighted by atomic mass is 9.94. The smallest absolute Gasteiger partial charge is 0.125 e. The Kier molecular flexibility index (Phi) is 3.33. The third-order valence-electron chi connectivity index (χ3n) is 3.16. The topological polar surface area (TPSA) is 15.8 Å². The van der Waals surface area contributed by atoms with Gasteiger partial charge in [-0.3, -0.25) is 0 Å². The molecule has 16 heavy (non-hydrogen) atoms. The van der Waals surface area contributed by atoms with E-state index in [0.29, 0.717) is 5.92 Å². The maximum atomic E-state index is 13.4. The zero-order valence-electron chi connectivity index (χ0n) is 9.48. The predicted octanol–water partition coefficient (Wildman–Crippen LogP) is 4.97. The Bertz CT molecular complexity index is 500. The van der Waals surface area contributed by atoms with Crippen LogP contribution in [0.3, 0.4) is 0 Å². The Morgan fingerprint density at radius 1 is 1.31 bits per heavy atom. The van der Waals surface area contributed by atoms with E-state index in [1.54, 1.807) is 6.07 Å². The number of aromatic nitrogens is 1. The van der Waals surface area contributed by atoms with Crippen LogP contribution in [-0.2, 0) is 0 Å². The van der Waals surface area contributed by atoms with Gasteiger partial charge in [0.05, 0.1) is 5.52 Å². The van der Waals surface area contributed by atoms with Crippen LogP contribution in [0.5, 0.6) is 0 Å². The Labute approximate surface area is 103 Å². The van der Waals surface area contributed by atoms with Gasteiger partial charge in [-0.2, -0.15) is 0 Å². The first-order valence-electron chi connectivity index (χ1n) is 5.63. The van der Waals surface area contributed by atoms with Gasteiger partial charge in [0.1, 0.15) is 5.82 Å². The van der Waals surface area contributed by atoms with Gasteiger partial charge in [0.25, 0.3) is 0 Å². The molecule has 0 fully saturated rings. The fraction of sp³-hybridized carbons (Fsp3) is 0.385. The van der Waals surface area contributed by atoms with E-state index < -0.39 is 0 Å². The molecule has 3 heteroatoms. The van der Waals surface area contributed by atoms with Gasteiger partial charge in [0, 0.05) is 16.1 Å². The van der Waals surface area contributed by atoms with Crippen LogP contribution in [-0.4, -0.2) is 4.98 Å². The minimum atomic E-state index is -0.189. The van der Waals surface area contributed by atoms with E-state index in [4.69, 9.17) is 0 Å². The van der Waals surface area contributed by atoms with Crippen LogP contribution in [0.2, 0.25) is 0 Å². The summed E-state index contributed by atoms with van der Waals surface area (Å²) in [6, 6.07) is 3.11. The van der Waals surface area contributed by atoms with Crippen molar-refractivity contribution in [1.82, 2.24) is 4.98 Å². The summed E-state index contributed by atoms with van der Waals surface area (Å²) in [5.74, 6) is 0.314. The summed E-state index contributed by atoms with van der Waals surface area (Å²) in [7, 11) is 0. The second-order valence-electron chi connectivity index (χ2n) is 4.07. The van der Waals surface area contributed by atoms with E-state index >= 15 is 0 Å². The molecule has 0 aliphatic carbocycles. The molecule has 0 radical (unpaired) electrons. The minimum absolute atomic E-state index is 0.189. The fourth-order valence-corrected chi connectivity index (χ4v) is 2.79. The monoisotopic (exact) mass is 283 g/mol. The molecule has 0 unspecified atom stereocenters. The molecule has 0 aliphatic rings. The van der Waals surface area contributed by atoms with Gasteiger partial charge >= 0.3 is 0 Å². The fourth-order valence-electron chi connectivity index (χ4n) is 2.24. The van der Waals surface area contributed by atoms with Crippen LogP contribution in [0.4, 0.5) is 4.39 Å². The van der Waals surface area contributed by atoms with Crippen molar-refractivity contribution in [2.75, 3.05) is 0 Å². The molecule has 86 valence electrons. The van der Waals surface area contributed by atoms with E-state index in [-0.39, 0.29) is 5.82 Å². The van der Waals surface area contributed by atoms with E-state index in [9.17, 15) is 4.39 Å². The van der Waals surface area contributed by atoms with E-state index in [1.165, 1.54) is 11.6 Å². The molecule has 0 spiro atoms. The van der Waals surface area contributed by atoms with Gasteiger partial charge in [-0.05, 0) is 52.4 Å². The van der Waals surface area contributed by atoms with Crippen LogP contribution in [0, 0.1) is 5.82 Å². The minimum Gasteiger partial charge on any atom is -0.360 e. The molecule has 0 saturated heterocycles. The first-order chi connectivity index (χ1) is 7.67. The Morgan fingerprint density at radius 2 is 2.00 bits per heavy atom. The van der Waals surface area contributed by atoms with Crippen LogP contribution < -0.4 is 0 Å². The van der Waals surface area contributed by atoms with Gasteiger partial charge in [0.2, 0.25) is 0 Å². The molecule has 2 aromatic rings. The number of aromatic amines is 1. The number of halogens is 2. The van der Waals surface area contributed by atoms with Crippen molar-refractivity contribution < 1.29 is 4.39 Å². The Balaban J connectivity index is 2.63. The molecule has 0 saturated carbocycles. The standard InChI is InChI=1S/C13H15BrFN/c1-3-8(4-2)11-7-16-13-10(11)5-9(15)6-12(13)14/h5-8,16H,3-4H2,1-2H3. The second-order valence-corrected chi connectivity index (χ2v) is 4.92. The Morgan fingerprint density at radius 3 is 2.62 bits per heavy atom. The van der Waals surface area contributed by atoms with Gasteiger partial charge < -0.3 is 4.98 Å². The largest absolute Gasteiger partial charge is 0.360 e. The van der Waals surface area contributed by atoms with Crippen molar-refractivity contribution in [3.63, 3.8) is 0 Å². The lowest BCUT2D eigenvalue weighted by molar-refractivity contribution is 0.627. The summed E-state index contributed by atoms with van der Waals surface area (Å²) in [6.45, 7) is 4.34. The molecular formula is C13H15BrFN. The summed E-state index contributed by atoms with van der Waals surface area (Å²) >= 11 is 3.38. The van der Waals surface area contributed by atoms with E-state index in [0.717, 1.165) is 28.2 Å². The summed E-state index contributed by atoms with van der Waals surface area (Å²) < 4.78 is 14.2. The highest BCUT2D eigenvalue weighted by Crippen LogP contribution is 2.33. The molecule has 2 rings (SSSR count). The lowest BCUT2D eigenvalue weighted by Crippen LogP contribution is -1.93. The van der Waals surface area contributed by atoms with Gasteiger partial charge in [-0.1, -0.05) is 13.8 Å². The zero-order valence-corrected chi connectivity index (χ0v) is 11.1. The van der Waals surface area contributed by atoms with Crippen LogP contribution in [0.15, 0.2) is 22.8 Å². The SMILES string of the molecule is CCC(CC)c1c[nH]c2c(Br)cc(F)cc12. The number of fused-ring (bicyclic) bond motifs is 1. The molecule has 1 nitrogen and oxygen atoms in total. The molecule has 1 heterocycles. The summed E-state index contributed by atoms with van der Waals surface area (Å²) in [6.07, 6.45) is 4.17. The zero-order chi connectivity index (χ0) is 11.7. The molecular weight excluding hydrogens is 269 g/mol. The first kappa shape index (κ1) is 11.6. The van der Waals surface area contributed by atoms with Crippen LogP contribution in [0.25, 0.3) is 10.9 Å².